The summed E-state index contributed by atoms with van der Waals surface area (Å²) in [5.41, 5.74) is 5.88. The Balaban J connectivity index is 2.99. The fourth-order valence-corrected chi connectivity index (χ4v) is 0.995. The molecule has 0 radical (unpaired) electrons. The summed E-state index contributed by atoms with van der Waals surface area (Å²) in [5, 5.41) is 17.2. The molecule has 6 nitrogen and oxygen atoms in total. The van der Waals surface area contributed by atoms with E-state index in [1.165, 1.54) is 25.3 Å². The van der Waals surface area contributed by atoms with Crippen molar-refractivity contribution < 1.29 is 24.2 Å². The Morgan fingerprint density at radius 2 is 2.13 bits per heavy atom. The number of esters is 1. The Kier molecular flexibility index (Phi) is 3.54. The van der Waals surface area contributed by atoms with Crippen LogP contribution in [0.2, 0.25) is 0 Å². The van der Waals surface area contributed by atoms with Gasteiger partial charge >= 0.3 is 13.3 Å². The zero-order valence-corrected chi connectivity index (χ0v) is 8.01. The second-order valence-electron chi connectivity index (χ2n) is 2.69. The topological polar surface area (TPSA) is 102 Å². The van der Waals surface area contributed by atoms with Gasteiger partial charge in [-0.15, -0.1) is 0 Å². The van der Waals surface area contributed by atoms with E-state index < -0.39 is 13.3 Å². The SMILES string of the molecule is COC(=O)c1ccc(N)c(OB(O)O)c1. The number of ether oxygens (including phenoxy) is 1. The average molecular weight is 211 g/mol. The van der Waals surface area contributed by atoms with Gasteiger partial charge in [0.25, 0.3) is 0 Å². The highest BCUT2D eigenvalue weighted by molar-refractivity contribution is 6.34. The predicted molar refractivity (Wildman–Crippen MR) is 53.0 cm³/mol. The van der Waals surface area contributed by atoms with E-state index in [0.29, 0.717) is 0 Å². The summed E-state index contributed by atoms with van der Waals surface area (Å²) in [6.45, 7) is 0. The summed E-state index contributed by atoms with van der Waals surface area (Å²) in [5.74, 6) is -0.555. The maximum atomic E-state index is 11.1. The predicted octanol–water partition coefficient (Wildman–Crippen LogP) is -0.596. The van der Waals surface area contributed by atoms with E-state index in [2.05, 4.69) is 9.39 Å². The first-order valence-corrected chi connectivity index (χ1v) is 4.05. The van der Waals surface area contributed by atoms with E-state index in [1.54, 1.807) is 0 Å². The molecule has 0 aliphatic heterocycles. The minimum Gasteiger partial charge on any atom is -0.510 e. The average Bonchev–Trinajstić information content (AvgIpc) is 2.19. The smallest absolute Gasteiger partial charge is 0.510 e. The molecule has 0 spiro atoms. The van der Waals surface area contributed by atoms with Gasteiger partial charge in [0.05, 0.1) is 18.4 Å². The van der Waals surface area contributed by atoms with Gasteiger partial charge in [-0.2, -0.15) is 0 Å². The molecular weight excluding hydrogens is 201 g/mol. The van der Waals surface area contributed by atoms with Gasteiger partial charge in [-0.05, 0) is 18.2 Å². The number of benzene rings is 1. The van der Waals surface area contributed by atoms with Crippen molar-refractivity contribution in [1.29, 1.82) is 0 Å². The van der Waals surface area contributed by atoms with Crippen LogP contribution < -0.4 is 10.4 Å². The Morgan fingerprint density at radius 1 is 1.47 bits per heavy atom. The van der Waals surface area contributed by atoms with Gasteiger partial charge in [0, 0.05) is 0 Å². The molecule has 1 aromatic rings. The number of rotatable bonds is 3. The van der Waals surface area contributed by atoms with E-state index in [-0.39, 0.29) is 17.0 Å². The Bertz CT molecular complexity index is 368. The molecule has 15 heavy (non-hydrogen) atoms. The zero-order chi connectivity index (χ0) is 11.4. The molecular formula is C8H10BNO5. The summed E-state index contributed by atoms with van der Waals surface area (Å²) >= 11 is 0. The summed E-state index contributed by atoms with van der Waals surface area (Å²) in [6, 6.07) is 4.11. The van der Waals surface area contributed by atoms with Crippen molar-refractivity contribution >= 4 is 19.0 Å². The summed E-state index contributed by atoms with van der Waals surface area (Å²) in [7, 11) is -0.750. The monoisotopic (exact) mass is 211 g/mol. The first-order valence-electron chi connectivity index (χ1n) is 4.05. The van der Waals surface area contributed by atoms with Crippen LogP contribution in [0.25, 0.3) is 0 Å². The first kappa shape index (κ1) is 11.4. The molecule has 4 N–H and O–H groups in total. The maximum Gasteiger partial charge on any atom is 0.707 e. The van der Waals surface area contributed by atoms with Gasteiger partial charge in [-0.1, -0.05) is 0 Å². The summed E-state index contributed by atoms with van der Waals surface area (Å²) in [4.78, 5) is 11.1. The van der Waals surface area contributed by atoms with E-state index in [9.17, 15) is 4.79 Å². The molecule has 0 saturated carbocycles. The summed E-state index contributed by atoms with van der Waals surface area (Å²) < 4.78 is 9.03. The van der Waals surface area contributed by atoms with Crippen LogP contribution in [-0.4, -0.2) is 30.4 Å². The van der Waals surface area contributed by atoms with Gasteiger partial charge in [-0.25, -0.2) is 4.79 Å². The lowest BCUT2D eigenvalue weighted by atomic mass is 10.1. The second kappa shape index (κ2) is 4.67. The third-order valence-electron chi connectivity index (χ3n) is 1.67. The third-order valence-corrected chi connectivity index (χ3v) is 1.67. The Hall–Kier alpha value is -1.73. The summed E-state index contributed by atoms with van der Waals surface area (Å²) in [6.07, 6.45) is 0. The lowest BCUT2D eigenvalue weighted by Crippen LogP contribution is -2.21. The Morgan fingerprint density at radius 3 is 2.67 bits per heavy atom. The minimum atomic E-state index is -1.99. The molecule has 1 rings (SSSR count). The van der Waals surface area contributed by atoms with Crippen LogP contribution in [0.1, 0.15) is 10.4 Å². The van der Waals surface area contributed by atoms with Crippen LogP contribution >= 0.6 is 0 Å². The molecule has 0 heterocycles. The van der Waals surface area contributed by atoms with Crippen molar-refractivity contribution in [3.8, 4) is 5.75 Å². The third kappa shape index (κ3) is 2.86. The van der Waals surface area contributed by atoms with Crippen LogP contribution in [-0.2, 0) is 4.74 Å². The zero-order valence-electron chi connectivity index (χ0n) is 8.01. The standard InChI is InChI=1S/C8H10BNO5/c1-14-8(11)5-2-3-6(10)7(4-5)15-9(12)13/h2-4,12-13H,10H2,1H3. The van der Waals surface area contributed by atoms with Gasteiger partial charge in [0.1, 0.15) is 5.75 Å². The lowest BCUT2D eigenvalue weighted by molar-refractivity contribution is 0.0600. The van der Waals surface area contributed by atoms with Crippen LogP contribution in [0.15, 0.2) is 18.2 Å². The molecule has 0 atom stereocenters. The molecule has 80 valence electrons. The number of carbonyl (C=O) groups is 1. The van der Waals surface area contributed by atoms with Crippen LogP contribution in [0, 0.1) is 0 Å². The molecule has 0 aromatic heterocycles. The number of nitrogens with two attached hydrogens (primary N) is 1. The van der Waals surface area contributed by atoms with Gasteiger partial charge in [-0.3, -0.25) is 0 Å². The number of methoxy groups -OCH3 is 1. The van der Waals surface area contributed by atoms with Crippen LogP contribution in [0.4, 0.5) is 5.69 Å². The first-order chi connectivity index (χ1) is 7.04. The quantitative estimate of drug-likeness (QED) is 0.350. The number of hydrogen-bond donors (Lipinski definition) is 3. The van der Waals surface area contributed by atoms with E-state index >= 15 is 0 Å². The van der Waals surface area contributed by atoms with Gasteiger partial charge < -0.3 is 25.2 Å². The lowest BCUT2D eigenvalue weighted by Gasteiger charge is -2.09. The van der Waals surface area contributed by atoms with Gasteiger partial charge in [0.15, 0.2) is 0 Å². The number of anilines is 1. The van der Waals surface area contributed by atoms with Crippen molar-refractivity contribution in [2.24, 2.45) is 0 Å². The largest absolute Gasteiger partial charge is 0.707 e. The molecule has 0 bridgehead atoms. The van der Waals surface area contributed by atoms with Crippen molar-refractivity contribution in [3.63, 3.8) is 0 Å². The molecule has 1 aromatic carbocycles. The van der Waals surface area contributed by atoms with Crippen molar-refractivity contribution in [2.45, 2.75) is 0 Å². The maximum absolute atomic E-state index is 11.1. The van der Waals surface area contributed by atoms with Gasteiger partial charge in [0.2, 0.25) is 0 Å². The fraction of sp³-hybridized carbons (Fsp3) is 0.125. The highest BCUT2D eigenvalue weighted by atomic mass is 16.6. The van der Waals surface area contributed by atoms with E-state index in [4.69, 9.17) is 15.8 Å². The molecule has 0 fully saturated rings. The number of nitrogen functional groups attached to an aromatic ring is 1. The van der Waals surface area contributed by atoms with E-state index in [1.807, 2.05) is 0 Å². The molecule has 0 saturated heterocycles. The van der Waals surface area contributed by atoms with Crippen molar-refractivity contribution in [3.05, 3.63) is 23.8 Å². The number of hydrogen-bond acceptors (Lipinski definition) is 6. The minimum absolute atomic E-state index is 0.00731. The van der Waals surface area contributed by atoms with Crippen molar-refractivity contribution in [1.82, 2.24) is 0 Å². The highest BCUT2D eigenvalue weighted by Gasteiger charge is 2.15. The molecule has 7 heteroatoms. The highest BCUT2D eigenvalue weighted by Crippen LogP contribution is 2.23. The molecule has 0 aliphatic carbocycles. The Labute approximate surface area is 86.4 Å². The molecule has 0 unspecified atom stereocenters. The molecule has 0 aliphatic rings. The number of carbonyl (C=O) groups excluding carboxylic acids is 1. The fourth-order valence-electron chi connectivity index (χ4n) is 0.995. The second-order valence-corrected chi connectivity index (χ2v) is 2.69. The van der Waals surface area contributed by atoms with Crippen LogP contribution in [0.5, 0.6) is 5.75 Å². The van der Waals surface area contributed by atoms with Crippen LogP contribution in [0.3, 0.4) is 0 Å². The van der Waals surface area contributed by atoms with Crippen molar-refractivity contribution in [2.75, 3.05) is 12.8 Å². The normalized spacial score (nSPS) is 9.53. The molecule has 0 amide bonds. The van der Waals surface area contributed by atoms with E-state index in [0.717, 1.165) is 0 Å².